The maximum atomic E-state index is 13.0. The van der Waals surface area contributed by atoms with E-state index in [4.69, 9.17) is 0 Å². The second kappa shape index (κ2) is 5.95. The molecule has 0 saturated carbocycles. The zero-order valence-corrected chi connectivity index (χ0v) is 11.2. The molecule has 1 aromatic rings. The van der Waals surface area contributed by atoms with E-state index in [1.165, 1.54) is 6.92 Å². The van der Waals surface area contributed by atoms with Crippen LogP contribution in [0.3, 0.4) is 0 Å². The molecule has 0 atom stereocenters. The van der Waals surface area contributed by atoms with Gasteiger partial charge in [-0.1, -0.05) is 6.92 Å². The number of ether oxygens (including phenoxy) is 1. The molecular formula is C13H12F6O2. The first-order chi connectivity index (χ1) is 9.50. The number of hydrogen-bond acceptors (Lipinski definition) is 2. The maximum absolute atomic E-state index is 13.0. The Labute approximate surface area is 116 Å². The van der Waals surface area contributed by atoms with E-state index in [1.54, 1.807) is 0 Å². The lowest BCUT2D eigenvalue weighted by Crippen LogP contribution is -2.18. The first kappa shape index (κ1) is 17.3. The van der Waals surface area contributed by atoms with Crippen molar-refractivity contribution in [2.24, 2.45) is 0 Å². The monoisotopic (exact) mass is 314 g/mol. The minimum Gasteiger partial charge on any atom is -0.469 e. The quantitative estimate of drug-likeness (QED) is 0.622. The van der Waals surface area contributed by atoms with Crippen LogP contribution in [0, 0.1) is 0 Å². The molecule has 0 spiro atoms. The van der Waals surface area contributed by atoms with Crippen molar-refractivity contribution in [3.05, 3.63) is 34.4 Å². The molecule has 1 aromatic carbocycles. The Kier molecular flexibility index (Phi) is 4.91. The van der Waals surface area contributed by atoms with E-state index in [9.17, 15) is 31.1 Å². The fraction of sp³-hybridized carbons (Fsp3) is 0.462. The van der Waals surface area contributed by atoms with Gasteiger partial charge in [0.1, 0.15) is 0 Å². The molecule has 0 fully saturated rings. The average Bonchev–Trinajstić information content (AvgIpc) is 2.35. The lowest BCUT2D eigenvalue weighted by Gasteiger charge is -2.19. The lowest BCUT2D eigenvalue weighted by atomic mass is 9.93. The molecule has 0 saturated heterocycles. The number of benzene rings is 1. The highest BCUT2D eigenvalue weighted by atomic mass is 19.4. The lowest BCUT2D eigenvalue weighted by molar-refractivity contribution is -0.144. The number of alkyl halides is 6. The van der Waals surface area contributed by atoms with E-state index >= 15 is 0 Å². The van der Waals surface area contributed by atoms with Crippen LogP contribution in [0.15, 0.2) is 12.1 Å². The highest BCUT2D eigenvalue weighted by Gasteiger charge is 2.39. The summed E-state index contributed by atoms with van der Waals surface area (Å²) in [4.78, 5) is 11.2. The zero-order chi connectivity index (χ0) is 16.4. The molecule has 0 bridgehead atoms. The van der Waals surface area contributed by atoms with E-state index in [0.29, 0.717) is 12.1 Å². The van der Waals surface area contributed by atoms with Crippen molar-refractivity contribution in [2.75, 3.05) is 7.11 Å². The van der Waals surface area contributed by atoms with Crippen molar-refractivity contribution in [2.45, 2.75) is 32.1 Å². The molecule has 0 N–H and O–H groups in total. The summed E-state index contributed by atoms with van der Waals surface area (Å²) in [6.07, 6.45) is -10.8. The van der Waals surface area contributed by atoms with E-state index in [1.807, 2.05) is 0 Å². The minimum atomic E-state index is -4.85. The molecular weight excluding hydrogens is 302 g/mol. The number of halogens is 6. The van der Waals surface area contributed by atoms with E-state index in [2.05, 4.69) is 4.74 Å². The summed E-state index contributed by atoms with van der Waals surface area (Å²) in [5.41, 5.74) is -3.66. The fourth-order valence-corrected chi connectivity index (χ4v) is 1.94. The van der Waals surface area contributed by atoms with Gasteiger partial charge >= 0.3 is 18.3 Å². The molecule has 0 unspecified atom stereocenters. The zero-order valence-electron chi connectivity index (χ0n) is 11.2. The molecule has 1 rings (SSSR count). The third-order valence-corrected chi connectivity index (χ3v) is 2.86. The second-order valence-corrected chi connectivity index (χ2v) is 4.27. The molecule has 0 radical (unpaired) electrons. The number of rotatable bonds is 3. The predicted molar refractivity (Wildman–Crippen MR) is 61.5 cm³/mol. The second-order valence-electron chi connectivity index (χ2n) is 4.27. The van der Waals surface area contributed by atoms with Gasteiger partial charge in [0.15, 0.2) is 0 Å². The molecule has 2 nitrogen and oxygen atoms in total. The highest BCUT2D eigenvalue weighted by Crippen LogP contribution is 2.39. The van der Waals surface area contributed by atoms with Crippen LogP contribution in [0.1, 0.15) is 29.2 Å². The number of carbonyl (C=O) groups is 1. The molecule has 0 aliphatic rings. The van der Waals surface area contributed by atoms with Gasteiger partial charge in [0, 0.05) is 0 Å². The Hall–Kier alpha value is -1.73. The van der Waals surface area contributed by atoms with Crippen LogP contribution >= 0.6 is 0 Å². The molecule has 21 heavy (non-hydrogen) atoms. The highest BCUT2D eigenvalue weighted by molar-refractivity contribution is 5.73. The summed E-state index contributed by atoms with van der Waals surface area (Å²) in [5, 5.41) is 0. The van der Waals surface area contributed by atoms with E-state index < -0.39 is 47.0 Å². The van der Waals surface area contributed by atoms with Crippen molar-refractivity contribution < 1.29 is 35.9 Å². The van der Waals surface area contributed by atoms with Crippen molar-refractivity contribution >= 4 is 5.97 Å². The van der Waals surface area contributed by atoms with Crippen LogP contribution in [0.25, 0.3) is 0 Å². The molecule has 8 heteroatoms. The third-order valence-electron chi connectivity index (χ3n) is 2.86. The summed E-state index contributed by atoms with van der Waals surface area (Å²) < 4.78 is 81.6. The van der Waals surface area contributed by atoms with Crippen LogP contribution in [-0.4, -0.2) is 13.1 Å². The smallest absolute Gasteiger partial charge is 0.416 e. The Morgan fingerprint density at radius 2 is 1.57 bits per heavy atom. The summed E-state index contributed by atoms with van der Waals surface area (Å²) in [6.45, 7) is 1.31. The van der Waals surface area contributed by atoms with Crippen LogP contribution < -0.4 is 0 Å². The molecule has 0 aromatic heterocycles. The van der Waals surface area contributed by atoms with Gasteiger partial charge < -0.3 is 4.74 Å². The number of esters is 1. The van der Waals surface area contributed by atoms with Crippen LogP contribution in [0.2, 0.25) is 0 Å². The van der Waals surface area contributed by atoms with Crippen LogP contribution in [-0.2, 0) is 34.7 Å². The van der Waals surface area contributed by atoms with E-state index in [0.717, 1.165) is 7.11 Å². The third kappa shape index (κ3) is 4.12. The number of aryl methyl sites for hydroxylation is 1. The molecule has 0 heterocycles. The predicted octanol–water partition coefficient (Wildman–Crippen LogP) is 4.00. The van der Waals surface area contributed by atoms with Gasteiger partial charge in [0.25, 0.3) is 0 Å². The van der Waals surface area contributed by atoms with Crippen LogP contribution in [0.5, 0.6) is 0 Å². The largest absolute Gasteiger partial charge is 0.469 e. The van der Waals surface area contributed by atoms with Crippen molar-refractivity contribution in [1.82, 2.24) is 0 Å². The van der Waals surface area contributed by atoms with Gasteiger partial charge in [-0.05, 0) is 29.7 Å². The van der Waals surface area contributed by atoms with Crippen LogP contribution in [0.4, 0.5) is 26.3 Å². The average molecular weight is 314 g/mol. The molecule has 0 aliphatic heterocycles. The molecule has 118 valence electrons. The van der Waals surface area contributed by atoms with Crippen molar-refractivity contribution in [3.63, 3.8) is 0 Å². The Bertz CT molecular complexity index is 531. The summed E-state index contributed by atoms with van der Waals surface area (Å²) >= 11 is 0. The Balaban J connectivity index is 3.57. The standard InChI is InChI=1S/C13H12F6O2/c1-3-7-4-9(12(14,15)16)5-8(6-10(20)21-2)11(7)13(17,18)19/h4-5H,3,6H2,1-2H3. The minimum absolute atomic E-state index is 0.243. The molecule has 0 amide bonds. The van der Waals surface area contributed by atoms with Gasteiger partial charge in [0.2, 0.25) is 0 Å². The van der Waals surface area contributed by atoms with Gasteiger partial charge in [-0.3, -0.25) is 4.79 Å². The van der Waals surface area contributed by atoms with Crippen molar-refractivity contribution in [1.29, 1.82) is 0 Å². The van der Waals surface area contributed by atoms with Gasteiger partial charge in [-0.15, -0.1) is 0 Å². The summed E-state index contributed by atoms with van der Waals surface area (Å²) in [5.74, 6) is -1.04. The van der Waals surface area contributed by atoms with E-state index in [-0.39, 0.29) is 6.42 Å². The number of carbonyl (C=O) groups excluding carboxylic acids is 1. The number of hydrogen-bond donors (Lipinski definition) is 0. The molecule has 0 aliphatic carbocycles. The Morgan fingerprint density at radius 1 is 1.05 bits per heavy atom. The normalized spacial score (nSPS) is 12.4. The SMILES string of the molecule is CCc1cc(C(F)(F)F)cc(CC(=O)OC)c1C(F)(F)F. The van der Waals surface area contributed by atoms with Gasteiger partial charge in [0.05, 0.1) is 24.7 Å². The number of methoxy groups -OCH3 is 1. The first-order valence-corrected chi connectivity index (χ1v) is 5.87. The van der Waals surface area contributed by atoms with Gasteiger partial charge in [-0.25, -0.2) is 0 Å². The fourth-order valence-electron chi connectivity index (χ4n) is 1.94. The maximum Gasteiger partial charge on any atom is 0.416 e. The Morgan fingerprint density at radius 3 is 1.95 bits per heavy atom. The first-order valence-electron chi connectivity index (χ1n) is 5.87. The van der Waals surface area contributed by atoms with Crippen molar-refractivity contribution in [3.8, 4) is 0 Å². The van der Waals surface area contributed by atoms with Gasteiger partial charge in [-0.2, -0.15) is 26.3 Å². The summed E-state index contributed by atoms with van der Waals surface area (Å²) in [7, 11) is 0.948. The summed E-state index contributed by atoms with van der Waals surface area (Å²) in [6, 6.07) is 0.808. The topological polar surface area (TPSA) is 26.3 Å².